The molecule has 0 saturated heterocycles. The number of benzene rings is 2. The topological polar surface area (TPSA) is 40.5 Å². The lowest BCUT2D eigenvalue weighted by atomic mass is 10.0. The van der Waals surface area contributed by atoms with Crippen LogP contribution in [0.15, 0.2) is 34.1 Å². The van der Waals surface area contributed by atoms with Crippen LogP contribution >= 0.6 is 21.6 Å². The SMILES string of the molecule is CCCc1c(C)cc(SSc2cc(C)c(CCC)c(O)c2)cc1O. The number of hydrogen-bond donors (Lipinski definition) is 2. The molecule has 0 amide bonds. The van der Waals surface area contributed by atoms with Crippen LogP contribution in [-0.4, -0.2) is 10.2 Å². The summed E-state index contributed by atoms with van der Waals surface area (Å²) >= 11 is 0. The second-order valence-corrected chi connectivity index (χ2v) is 8.42. The van der Waals surface area contributed by atoms with E-state index >= 15 is 0 Å². The minimum Gasteiger partial charge on any atom is -0.508 e. The van der Waals surface area contributed by atoms with Crippen LogP contribution < -0.4 is 0 Å². The van der Waals surface area contributed by atoms with Gasteiger partial charge in [0.05, 0.1) is 0 Å². The Morgan fingerprint density at radius 3 is 1.38 bits per heavy atom. The van der Waals surface area contributed by atoms with Crippen molar-refractivity contribution in [3.05, 3.63) is 46.5 Å². The zero-order valence-corrected chi connectivity index (χ0v) is 16.5. The van der Waals surface area contributed by atoms with Crippen molar-refractivity contribution in [3.8, 4) is 11.5 Å². The van der Waals surface area contributed by atoms with Gasteiger partial charge in [0.15, 0.2) is 0 Å². The number of phenols is 2. The molecule has 130 valence electrons. The van der Waals surface area contributed by atoms with Crippen LogP contribution in [0.4, 0.5) is 0 Å². The van der Waals surface area contributed by atoms with E-state index in [4.69, 9.17) is 0 Å². The standard InChI is InChI=1S/C20H26O2S2/c1-5-7-17-13(3)9-15(11-19(17)21)23-24-16-10-14(4)18(8-6-2)20(22)12-16/h9-12,21-22H,5-8H2,1-4H3. The Morgan fingerprint density at radius 1 is 0.708 bits per heavy atom. The summed E-state index contributed by atoms with van der Waals surface area (Å²) in [5, 5.41) is 20.4. The molecule has 0 saturated carbocycles. The van der Waals surface area contributed by atoms with Crippen LogP contribution in [0.3, 0.4) is 0 Å². The molecule has 0 aromatic heterocycles. The molecule has 0 aliphatic rings. The van der Waals surface area contributed by atoms with Crippen molar-refractivity contribution in [3.63, 3.8) is 0 Å². The van der Waals surface area contributed by atoms with Crippen molar-refractivity contribution < 1.29 is 10.2 Å². The summed E-state index contributed by atoms with van der Waals surface area (Å²) in [6.45, 7) is 8.34. The van der Waals surface area contributed by atoms with Gasteiger partial charge in [-0.25, -0.2) is 0 Å². The molecule has 2 N–H and O–H groups in total. The van der Waals surface area contributed by atoms with E-state index in [2.05, 4.69) is 39.8 Å². The third-order valence-corrected chi connectivity index (χ3v) is 6.42. The highest BCUT2D eigenvalue weighted by atomic mass is 33.1. The van der Waals surface area contributed by atoms with Crippen molar-refractivity contribution in [2.75, 3.05) is 0 Å². The van der Waals surface area contributed by atoms with Gasteiger partial charge in [-0.15, -0.1) is 0 Å². The maximum atomic E-state index is 10.2. The third-order valence-electron chi connectivity index (χ3n) is 4.08. The summed E-state index contributed by atoms with van der Waals surface area (Å²) in [4.78, 5) is 2.06. The maximum Gasteiger partial charge on any atom is 0.120 e. The van der Waals surface area contributed by atoms with Gasteiger partial charge in [-0.05, 0) is 73.2 Å². The molecule has 2 aromatic carbocycles. The van der Waals surface area contributed by atoms with E-state index < -0.39 is 0 Å². The molecule has 0 radical (unpaired) electrons. The Kier molecular flexibility index (Phi) is 6.93. The summed E-state index contributed by atoms with van der Waals surface area (Å²) in [5.74, 6) is 0.773. The van der Waals surface area contributed by atoms with Crippen LogP contribution in [0.25, 0.3) is 0 Å². The number of aryl methyl sites for hydroxylation is 2. The average molecular weight is 363 g/mol. The molecule has 0 fully saturated rings. The summed E-state index contributed by atoms with van der Waals surface area (Å²) in [7, 11) is 3.22. The minimum atomic E-state index is 0.386. The molecule has 0 spiro atoms. The monoisotopic (exact) mass is 362 g/mol. The van der Waals surface area contributed by atoms with Crippen molar-refractivity contribution in [1.29, 1.82) is 0 Å². The Labute approximate surface area is 153 Å². The molecule has 2 nitrogen and oxygen atoms in total. The highest BCUT2D eigenvalue weighted by molar-refractivity contribution is 8.76. The molecule has 4 heteroatoms. The van der Waals surface area contributed by atoms with Crippen molar-refractivity contribution in [1.82, 2.24) is 0 Å². The Balaban J connectivity index is 2.14. The lowest BCUT2D eigenvalue weighted by Gasteiger charge is -2.12. The molecule has 0 bridgehead atoms. The fourth-order valence-corrected chi connectivity index (χ4v) is 4.99. The van der Waals surface area contributed by atoms with Gasteiger partial charge >= 0.3 is 0 Å². The predicted molar refractivity (Wildman–Crippen MR) is 105 cm³/mol. The number of rotatable bonds is 7. The predicted octanol–water partition coefficient (Wildman–Crippen LogP) is 6.42. The van der Waals surface area contributed by atoms with Crippen LogP contribution in [-0.2, 0) is 12.8 Å². The Morgan fingerprint density at radius 2 is 1.08 bits per heavy atom. The first-order chi connectivity index (χ1) is 11.5. The number of aromatic hydroxyl groups is 2. The third kappa shape index (κ3) is 4.64. The van der Waals surface area contributed by atoms with Crippen molar-refractivity contribution >= 4 is 21.6 Å². The molecular weight excluding hydrogens is 336 g/mol. The van der Waals surface area contributed by atoms with Gasteiger partial charge in [-0.1, -0.05) is 48.3 Å². The van der Waals surface area contributed by atoms with Crippen molar-refractivity contribution in [2.45, 2.75) is 63.2 Å². The molecular formula is C20H26O2S2. The quantitative estimate of drug-likeness (QED) is 0.558. The number of hydrogen-bond acceptors (Lipinski definition) is 4. The molecule has 24 heavy (non-hydrogen) atoms. The van der Waals surface area contributed by atoms with Gasteiger partial charge < -0.3 is 10.2 Å². The van der Waals surface area contributed by atoms with Crippen LogP contribution in [0.5, 0.6) is 11.5 Å². The second-order valence-electron chi connectivity index (χ2n) is 6.14. The van der Waals surface area contributed by atoms with Crippen LogP contribution in [0.2, 0.25) is 0 Å². The first-order valence-corrected chi connectivity index (χ1v) is 10.6. The Bertz CT molecular complexity index is 603. The lowest BCUT2D eigenvalue weighted by molar-refractivity contribution is 0.464. The van der Waals surface area contributed by atoms with Gasteiger partial charge in [-0.2, -0.15) is 0 Å². The largest absolute Gasteiger partial charge is 0.508 e. The van der Waals surface area contributed by atoms with Gasteiger partial charge in [-0.3, -0.25) is 0 Å². The summed E-state index contributed by atoms with van der Waals surface area (Å²) in [6.07, 6.45) is 3.86. The zero-order chi connectivity index (χ0) is 17.7. The maximum absolute atomic E-state index is 10.2. The van der Waals surface area contributed by atoms with Gasteiger partial charge in [0, 0.05) is 9.79 Å². The fourth-order valence-electron chi connectivity index (χ4n) is 2.88. The molecule has 0 unspecified atom stereocenters. The smallest absolute Gasteiger partial charge is 0.120 e. The van der Waals surface area contributed by atoms with Crippen LogP contribution in [0.1, 0.15) is 48.9 Å². The molecule has 0 aliphatic heterocycles. The van der Waals surface area contributed by atoms with E-state index in [1.165, 1.54) is 0 Å². The first-order valence-electron chi connectivity index (χ1n) is 8.45. The Hall–Kier alpha value is -1.26. The van der Waals surface area contributed by atoms with E-state index in [9.17, 15) is 10.2 Å². The van der Waals surface area contributed by atoms with E-state index in [1.807, 2.05) is 12.1 Å². The molecule has 0 heterocycles. The molecule has 2 rings (SSSR count). The average Bonchev–Trinajstić information content (AvgIpc) is 2.52. The van der Waals surface area contributed by atoms with Gasteiger partial charge in [0.1, 0.15) is 11.5 Å². The highest BCUT2D eigenvalue weighted by Gasteiger charge is 2.10. The van der Waals surface area contributed by atoms with Crippen LogP contribution in [0, 0.1) is 13.8 Å². The second kappa shape index (κ2) is 8.72. The van der Waals surface area contributed by atoms with E-state index in [1.54, 1.807) is 21.6 Å². The summed E-state index contributed by atoms with van der Waals surface area (Å²) in [6, 6.07) is 7.93. The molecule has 2 aromatic rings. The van der Waals surface area contributed by atoms with E-state index in [0.29, 0.717) is 11.5 Å². The highest BCUT2D eigenvalue weighted by Crippen LogP contribution is 2.42. The van der Waals surface area contributed by atoms with Gasteiger partial charge in [0.2, 0.25) is 0 Å². The first kappa shape index (κ1) is 19.1. The number of phenolic OH excluding ortho intramolecular Hbond substituents is 2. The van der Waals surface area contributed by atoms with Crippen molar-refractivity contribution in [2.24, 2.45) is 0 Å². The lowest BCUT2D eigenvalue weighted by Crippen LogP contribution is -1.91. The summed E-state index contributed by atoms with van der Waals surface area (Å²) in [5.41, 5.74) is 4.36. The van der Waals surface area contributed by atoms with Gasteiger partial charge in [0.25, 0.3) is 0 Å². The van der Waals surface area contributed by atoms with E-state index in [0.717, 1.165) is 57.7 Å². The molecule has 0 atom stereocenters. The fraction of sp³-hybridized carbons (Fsp3) is 0.400. The summed E-state index contributed by atoms with van der Waals surface area (Å²) < 4.78 is 0. The normalized spacial score (nSPS) is 11.0. The minimum absolute atomic E-state index is 0.386. The zero-order valence-electron chi connectivity index (χ0n) is 14.8. The van der Waals surface area contributed by atoms with E-state index in [-0.39, 0.29) is 0 Å². The molecule has 0 aliphatic carbocycles.